The van der Waals surface area contributed by atoms with Gasteiger partial charge in [-0.1, -0.05) is 18.0 Å². The molecule has 2 rings (SSSR count). The lowest BCUT2D eigenvalue weighted by atomic mass is 10.0. The van der Waals surface area contributed by atoms with E-state index in [1.807, 2.05) is 18.7 Å². The minimum atomic E-state index is -0.0240. The molecule has 1 aromatic rings. The molecule has 0 aromatic carbocycles. The van der Waals surface area contributed by atoms with Gasteiger partial charge in [-0.15, -0.1) is 0 Å². The molecule has 0 spiro atoms. The van der Waals surface area contributed by atoms with Crippen LogP contribution < -0.4 is 5.32 Å². The van der Waals surface area contributed by atoms with Crippen LogP contribution in [-0.2, 0) is 0 Å². The quantitative estimate of drug-likeness (QED) is 0.929. The molecule has 0 radical (unpaired) electrons. The lowest BCUT2D eigenvalue weighted by molar-refractivity contribution is 0.0671. The number of amides is 1. The zero-order chi connectivity index (χ0) is 14.5. The molecule has 4 nitrogen and oxygen atoms in total. The molecule has 1 amide bonds. The number of rotatable bonds is 4. The van der Waals surface area contributed by atoms with Gasteiger partial charge in [-0.3, -0.25) is 4.79 Å². The molecule has 5 heteroatoms. The van der Waals surface area contributed by atoms with Gasteiger partial charge < -0.3 is 10.2 Å². The van der Waals surface area contributed by atoms with Crippen LogP contribution in [0.2, 0.25) is 5.02 Å². The lowest BCUT2D eigenvalue weighted by Crippen LogP contribution is -2.48. The van der Waals surface area contributed by atoms with Crippen LogP contribution in [0.3, 0.4) is 0 Å². The van der Waals surface area contributed by atoms with E-state index in [1.54, 1.807) is 12.1 Å². The predicted molar refractivity (Wildman–Crippen MR) is 81.1 cm³/mol. The summed E-state index contributed by atoms with van der Waals surface area (Å²) in [6.45, 7) is 5.86. The number of pyridine rings is 1. The lowest BCUT2D eigenvalue weighted by Gasteiger charge is -2.33. The van der Waals surface area contributed by atoms with Crippen LogP contribution in [0.4, 0.5) is 0 Å². The second-order valence-electron chi connectivity index (χ2n) is 5.56. The number of halogens is 1. The van der Waals surface area contributed by atoms with Gasteiger partial charge in [0.25, 0.3) is 5.91 Å². The summed E-state index contributed by atoms with van der Waals surface area (Å²) in [7, 11) is 0. The fourth-order valence-corrected chi connectivity index (χ4v) is 2.61. The Hall–Kier alpha value is -1.13. The van der Waals surface area contributed by atoms with Crippen LogP contribution >= 0.6 is 11.6 Å². The van der Waals surface area contributed by atoms with Gasteiger partial charge in [0.1, 0.15) is 5.69 Å². The molecule has 2 heterocycles. The van der Waals surface area contributed by atoms with E-state index in [-0.39, 0.29) is 11.9 Å². The Balaban J connectivity index is 2.07. The number of carbonyl (C=O) groups excluding carboxylic acids is 1. The molecule has 0 bridgehead atoms. The summed E-state index contributed by atoms with van der Waals surface area (Å²) in [5.74, 6) is -0.0240. The van der Waals surface area contributed by atoms with Crippen molar-refractivity contribution >= 4 is 17.5 Å². The highest BCUT2D eigenvalue weighted by Gasteiger charge is 2.24. The Kier molecular flexibility index (Phi) is 5.38. The molecule has 1 N–H and O–H groups in total. The third-order valence-corrected chi connectivity index (χ3v) is 3.88. The molecular formula is C15H22ClN3O. The van der Waals surface area contributed by atoms with E-state index >= 15 is 0 Å². The topological polar surface area (TPSA) is 45.2 Å². The summed E-state index contributed by atoms with van der Waals surface area (Å²) >= 11 is 5.82. The monoisotopic (exact) mass is 295 g/mol. The van der Waals surface area contributed by atoms with E-state index in [1.165, 1.54) is 19.0 Å². The Morgan fingerprint density at radius 1 is 1.50 bits per heavy atom. The van der Waals surface area contributed by atoms with Crippen LogP contribution in [0.15, 0.2) is 18.3 Å². The van der Waals surface area contributed by atoms with Gasteiger partial charge in [0, 0.05) is 24.8 Å². The molecule has 0 aliphatic carbocycles. The SMILES string of the molecule is CC(C)N(CC1CCCCN1)C(=O)c1ccc(Cl)cn1. The average molecular weight is 296 g/mol. The van der Waals surface area contributed by atoms with Crippen molar-refractivity contribution in [3.05, 3.63) is 29.0 Å². The van der Waals surface area contributed by atoms with Crippen molar-refractivity contribution in [3.8, 4) is 0 Å². The van der Waals surface area contributed by atoms with Crippen molar-refractivity contribution in [3.63, 3.8) is 0 Å². The second kappa shape index (κ2) is 7.04. The highest BCUT2D eigenvalue weighted by molar-refractivity contribution is 6.30. The number of nitrogens with one attached hydrogen (secondary N) is 1. The fourth-order valence-electron chi connectivity index (χ4n) is 2.49. The molecule has 1 aromatic heterocycles. The molecule has 1 saturated heterocycles. The maximum absolute atomic E-state index is 12.6. The van der Waals surface area contributed by atoms with Gasteiger partial charge in [0.05, 0.1) is 5.02 Å². The number of nitrogens with zero attached hydrogens (tertiary/aromatic N) is 2. The summed E-state index contributed by atoms with van der Waals surface area (Å²) in [5.41, 5.74) is 0.457. The van der Waals surface area contributed by atoms with Crippen molar-refractivity contribution in [1.29, 1.82) is 0 Å². The van der Waals surface area contributed by atoms with Gasteiger partial charge in [-0.05, 0) is 45.4 Å². The minimum Gasteiger partial charge on any atom is -0.333 e. The molecule has 1 atom stereocenters. The first-order chi connectivity index (χ1) is 9.58. The first-order valence-electron chi connectivity index (χ1n) is 7.24. The molecule has 1 unspecified atom stereocenters. The van der Waals surface area contributed by atoms with Gasteiger partial charge >= 0.3 is 0 Å². The van der Waals surface area contributed by atoms with Crippen molar-refractivity contribution in [2.75, 3.05) is 13.1 Å². The molecule has 1 aliphatic heterocycles. The molecule has 0 saturated carbocycles. The highest BCUT2D eigenvalue weighted by atomic mass is 35.5. The van der Waals surface area contributed by atoms with E-state index in [0.717, 1.165) is 19.5 Å². The first-order valence-corrected chi connectivity index (χ1v) is 7.61. The maximum atomic E-state index is 12.6. The summed E-state index contributed by atoms with van der Waals surface area (Å²) in [6.07, 6.45) is 5.11. The van der Waals surface area contributed by atoms with Gasteiger partial charge in [-0.25, -0.2) is 4.98 Å². The number of carbonyl (C=O) groups is 1. The second-order valence-corrected chi connectivity index (χ2v) is 6.00. The number of piperidine rings is 1. The highest BCUT2D eigenvalue weighted by Crippen LogP contribution is 2.14. The van der Waals surface area contributed by atoms with E-state index in [2.05, 4.69) is 10.3 Å². The van der Waals surface area contributed by atoms with Crippen LogP contribution in [0.5, 0.6) is 0 Å². The fraction of sp³-hybridized carbons (Fsp3) is 0.600. The van der Waals surface area contributed by atoms with Crippen molar-refractivity contribution in [2.24, 2.45) is 0 Å². The van der Waals surface area contributed by atoms with Crippen molar-refractivity contribution in [1.82, 2.24) is 15.2 Å². The van der Waals surface area contributed by atoms with E-state index < -0.39 is 0 Å². The Bertz CT molecular complexity index is 441. The Labute approximate surface area is 125 Å². The van der Waals surface area contributed by atoms with Crippen LogP contribution in [0.25, 0.3) is 0 Å². The maximum Gasteiger partial charge on any atom is 0.272 e. The Morgan fingerprint density at radius 3 is 2.85 bits per heavy atom. The molecule has 20 heavy (non-hydrogen) atoms. The predicted octanol–water partition coefficient (Wildman–Crippen LogP) is 2.73. The van der Waals surface area contributed by atoms with Gasteiger partial charge in [0.15, 0.2) is 0 Å². The largest absolute Gasteiger partial charge is 0.333 e. The summed E-state index contributed by atoms with van der Waals surface area (Å²) in [4.78, 5) is 18.6. The first kappa shape index (κ1) is 15.3. The zero-order valence-corrected chi connectivity index (χ0v) is 12.9. The summed E-state index contributed by atoms with van der Waals surface area (Å²) in [6, 6.07) is 3.94. The van der Waals surface area contributed by atoms with Crippen LogP contribution in [0, 0.1) is 0 Å². The van der Waals surface area contributed by atoms with Gasteiger partial charge in [0.2, 0.25) is 0 Å². The summed E-state index contributed by atoms with van der Waals surface area (Å²) < 4.78 is 0. The average Bonchev–Trinajstić information content (AvgIpc) is 2.45. The van der Waals surface area contributed by atoms with Crippen LogP contribution in [0.1, 0.15) is 43.6 Å². The standard InChI is InChI=1S/C15H22ClN3O/c1-11(2)19(10-13-5-3-4-8-17-13)15(20)14-7-6-12(16)9-18-14/h6-7,9,11,13,17H,3-5,8,10H2,1-2H3. The smallest absolute Gasteiger partial charge is 0.272 e. The number of hydrogen-bond donors (Lipinski definition) is 1. The molecule has 1 aliphatic rings. The van der Waals surface area contributed by atoms with E-state index in [4.69, 9.17) is 11.6 Å². The van der Waals surface area contributed by atoms with Gasteiger partial charge in [-0.2, -0.15) is 0 Å². The van der Waals surface area contributed by atoms with Crippen LogP contribution in [-0.4, -0.2) is 41.0 Å². The third-order valence-electron chi connectivity index (χ3n) is 3.66. The zero-order valence-electron chi connectivity index (χ0n) is 12.1. The normalized spacial score (nSPS) is 19.1. The van der Waals surface area contributed by atoms with E-state index in [0.29, 0.717) is 16.8 Å². The third kappa shape index (κ3) is 3.93. The van der Waals surface area contributed by atoms with E-state index in [9.17, 15) is 4.79 Å². The van der Waals surface area contributed by atoms with Crippen molar-refractivity contribution in [2.45, 2.75) is 45.2 Å². The number of hydrogen-bond acceptors (Lipinski definition) is 3. The van der Waals surface area contributed by atoms with Crippen molar-refractivity contribution < 1.29 is 4.79 Å². The summed E-state index contributed by atoms with van der Waals surface area (Å²) in [5, 5.41) is 4.03. The molecule has 1 fully saturated rings. The number of aromatic nitrogens is 1. The minimum absolute atomic E-state index is 0.0240. The molecule has 110 valence electrons. The molecular weight excluding hydrogens is 274 g/mol. The Morgan fingerprint density at radius 2 is 2.30 bits per heavy atom.